The van der Waals surface area contributed by atoms with Gasteiger partial charge in [-0.2, -0.15) is 0 Å². The molecule has 1 aromatic heterocycles. The number of ketones is 1. The predicted octanol–water partition coefficient (Wildman–Crippen LogP) is 2.69. The molecule has 0 saturated carbocycles. The maximum absolute atomic E-state index is 12.3. The number of hydrogen-bond acceptors (Lipinski definition) is 5. The molecule has 0 unspecified atom stereocenters. The fourth-order valence-corrected chi connectivity index (χ4v) is 3.15. The second kappa shape index (κ2) is 6.16. The normalized spacial score (nSPS) is 14.1. The first kappa shape index (κ1) is 16.3. The summed E-state index contributed by atoms with van der Waals surface area (Å²) in [4.78, 5) is 35.2. The molecule has 1 aliphatic heterocycles. The van der Waals surface area contributed by atoms with Gasteiger partial charge in [0.05, 0.1) is 5.75 Å². The molecule has 1 aliphatic rings. The third-order valence-electron chi connectivity index (χ3n) is 3.99. The summed E-state index contributed by atoms with van der Waals surface area (Å²) in [6, 6.07) is 7.47. The van der Waals surface area contributed by atoms with E-state index in [-0.39, 0.29) is 17.4 Å². The van der Waals surface area contributed by atoms with Crippen molar-refractivity contribution in [3.8, 4) is 0 Å². The van der Waals surface area contributed by atoms with Crippen molar-refractivity contribution in [1.82, 2.24) is 14.9 Å². The molecule has 6 nitrogen and oxygen atoms in total. The van der Waals surface area contributed by atoms with Crippen molar-refractivity contribution in [1.29, 1.82) is 0 Å². The van der Waals surface area contributed by atoms with Crippen LogP contribution in [0.25, 0.3) is 0 Å². The Morgan fingerprint density at radius 3 is 2.58 bits per heavy atom. The van der Waals surface area contributed by atoms with E-state index in [1.165, 1.54) is 16.7 Å². The van der Waals surface area contributed by atoms with E-state index < -0.39 is 0 Å². The smallest absolute Gasteiger partial charge is 0.279 e. The summed E-state index contributed by atoms with van der Waals surface area (Å²) in [7, 11) is 3.47. The Kier molecular flexibility index (Phi) is 4.19. The van der Waals surface area contributed by atoms with Crippen LogP contribution in [0.1, 0.15) is 26.4 Å². The van der Waals surface area contributed by atoms with Gasteiger partial charge in [0.15, 0.2) is 22.5 Å². The number of amides is 1. The maximum Gasteiger partial charge on any atom is 0.279 e. The quantitative estimate of drug-likeness (QED) is 0.683. The molecule has 24 heavy (non-hydrogen) atoms. The number of aromatic amines is 1. The van der Waals surface area contributed by atoms with E-state index in [4.69, 9.17) is 0 Å². The Hall–Kier alpha value is -2.54. The number of carbonyl (C=O) groups is 2. The Bertz CT molecular complexity index is 826. The summed E-state index contributed by atoms with van der Waals surface area (Å²) in [5.41, 5.74) is 2.20. The van der Waals surface area contributed by atoms with E-state index in [0.29, 0.717) is 28.1 Å². The third kappa shape index (κ3) is 2.82. The lowest BCUT2D eigenvalue weighted by Crippen LogP contribution is -2.40. The number of hydrogen-bond donors (Lipinski definition) is 1. The van der Waals surface area contributed by atoms with Gasteiger partial charge in [-0.15, -0.1) is 0 Å². The molecule has 124 valence electrons. The van der Waals surface area contributed by atoms with Crippen LogP contribution in [0.15, 0.2) is 41.8 Å². The van der Waals surface area contributed by atoms with Crippen LogP contribution in [0.5, 0.6) is 0 Å². The van der Waals surface area contributed by atoms with Gasteiger partial charge in [0.2, 0.25) is 0 Å². The molecule has 2 heterocycles. The summed E-state index contributed by atoms with van der Waals surface area (Å²) in [6.45, 7) is 5.85. The van der Waals surface area contributed by atoms with E-state index in [9.17, 15) is 9.59 Å². The van der Waals surface area contributed by atoms with Crippen molar-refractivity contribution in [3.05, 3.63) is 53.5 Å². The standard InChI is InChI=1S/C17H18N4O2S/c1-10-5-7-12(8-6-10)13(22)9-24-17-18-14-15(19-17)20(3)11(2)21(4)16(14)23/h5-8H,2,9H2,1,3-4H3,(H,18,19). The number of thioether (sulfide) groups is 1. The number of benzene rings is 1. The van der Waals surface area contributed by atoms with Gasteiger partial charge < -0.3 is 9.88 Å². The molecule has 1 aromatic carbocycles. The highest BCUT2D eigenvalue weighted by Gasteiger charge is 2.32. The molecule has 0 saturated heterocycles. The molecular formula is C17H18N4O2S. The molecule has 1 amide bonds. The molecular weight excluding hydrogens is 324 g/mol. The van der Waals surface area contributed by atoms with Crippen LogP contribution in [-0.4, -0.2) is 46.4 Å². The molecule has 0 fully saturated rings. The second-order valence-electron chi connectivity index (χ2n) is 5.66. The number of anilines is 1. The minimum absolute atomic E-state index is 0.0237. The van der Waals surface area contributed by atoms with Crippen LogP contribution in [0.3, 0.4) is 0 Å². The topological polar surface area (TPSA) is 69.3 Å². The molecule has 2 aromatic rings. The average Bonchev–Trinajstić information content (AvgIpc) is 3.01. The minimum Gasteiger partial charge on any atom is -0.327 e. The summed E-state index contributed by atoms with van der Waals surface area (Å²) in [5, 5.41) is 0.545. The minimum atomic E-state index is -0.183. The number of aromatic nitrogens is 2. The molecule has 7 heteroatoms. The molecule has 3 rings (SSSR count). The zero-order valence-electron chi connectivity index (χ0n) is 13.8. The van der Waals surface area contributed by atoms with Crippen molar-refractivity contribution in [2.24, 2.45) is 0 Å². The van der Waals surface area contributed by atoms with Crippen molar-refractivity contribution in [2.45, 2.75) is 12.1 Å². The van der Waals surface area contributed by atoms with E-state index in [1.54, 1.807) is 19.0 Å². The zero-order valence-corrected chi connectivity index (χ0v) is 14.6. The summed E-state index contributed by atoms with van der Waals surface area (Å²) < 4.78 is 0. The highest BCUT2D eigenvalue weighted by molar-refractivity contribution is 7.99. The Labute approximate surface area is 144 Å². The SMILES string of the molecule is C=C1N(C)C(=O)c2[nH]c(SCC(=O)c3ccc(C)cc3)nc2N1C. The van der Waals surface area contributed by atoms with Crippen LogP contribution >= 0.6 is 11.8 Å². The molecule has 0 spiro atoms. The number of fused-ring (bicyclic) bond motifs is 1. The van der Waals surface area contributed by atoms with Gasteiger partial charge >= 0.3 is 0 Å². The monoisotopic (exact) mass is 342 g/mol. The van der Waals surface area contributed by atoms with E-state index in [2.05, 4.69) is 16.5 Å². The van der Waals surface area contributed by atoms with Gasteiger partial charge in [-0.05, 0) is 6.92 Å². The van der Waals surface area contributed by atoms with Crippen molar-refractivity contribution in [3.63, 3.8) is 0 Å². The number of nitrogens with zero attached hydrogens (tertiary/aromatic N) is 3. The lowest BCUT2D eigenvalue weighted by atomic mass is 10.1. The predicted molar refractivity (Wildman–Crippen MR) is 94.5 cm³/mol. The molecule has 0 atom stereocenters. The van der Waals surface area contributed by atoms with Crippen LogP contribution in [-0.2, 0) is 0 Å². The summed E-state index contributed by atoms with van der Waals surface area (Å²) in [5.74, 6) is 1.19. The number of nitrogens with one attached hydrogen (secondary N) is 1. The van der Waals surface area contributed by atoms with Crippen molar-refractivity contribution < 1.29 is 9.59 Å². The van der Waals surface area contributed by atoms with E-state index >= 15 is 0 Å². The van der Waals surface area contributed by atoms with E-state index in [0.717, 1.165) is 5.56 Å². The molecule has 0 aliphatic carbocycles. The Morgan fingerprint density at radius 1 is 1.25 bits per heavy atom. The number of Topliss-reactive ketones (excluding diaryl/α,β-unsaturated/α-hetero) is 1. The summed E-state index contributed by atoms with van der Waals surface area (Å²) >= 11 is 1.28. The van der Waals surface area contributed by atoms with Crippen LogP contribution in [0.2, 0.25) is 0 Å². The van der Waals surface area contributed by atoms with Crippen LogP contribution in [0, 0.1) is 6.92 Å². The first-order valence-corrected chi connectivity index (χ1v) is 8.40. The Balaban J connectivity index is 1.75. The first-order chi connectivity index (χ1) is 11.4. The third-order valence-corrected chi connectivity index (χ3v) is 4.86. The fourth-order valence-electron chi connectivity index (χ4n) is 2.39. The molecule has 0 bridgehead atoms. The van der Waals surface area contributed by atoms with Crippen molar-refractivity contribution >= 4 is 29.3 Å². The van der Waals surface area contributed by atoms with Gasteiger partial charge in [0.1, 0.15) is 5.82 Å². The second-order valence-corrected chi connectivity index (χ2v) is 6.62. The highest BCUT2D eigenvalue weighted by atomic mass is 32.2. The van der Waals surface area contributed by atoms with Gasteiger partial charge in [-0.1, -0.05) is 48.2 Å². The van der Waals surface area contributed by atoms with E-state index in [1.807, 2.05) is 31.2 Å². The zero-order chi connectivity index (χ0) is 17.4. The van der Waals surface area contributed by atoms with Crippen LogP contribution in [0.4, 0.5) is 5.82 Å². The number of carbonyl (C=O) groups excluding carboxylic acids is 2. The highest BCUT2D eigenvalue weighted by Crippen LogP contribution is 2.31. The number of rotatable bonds is 4. The van der Waals surface area contributed by atoms with Crippen LogP contribution < -0.4 is 4.90 Å². The first-order valence-electron chi connectivity index (χ1n) is 7.42. The number of imidazole rings is 1. The largest absolute Gasteiger partial charge is 0.327 e. The van der Waals surface area contributed by atoms with Crippen molar-refractivity contribution in [2.75, 3.05) is 24.7 Å². The number of aryl methyl sites for hydroxylation is 1. The Morgan fingerprint density at radius 2 is 1.92 bits per heavy atom. The lowest BCUT2D eigenvalue weighted by molar-refractivity contribution is 0.0820. The molecule has 0 radical (unpaired) electrons. The number of H-pyrrole nitrogens is 1. The fraction of sp³-hybridized carbons (Fsp3) is 0.235. The lowest BCUT2D eigenvalue weighted by Gasteiger charge is -2.31. The van der Waals surface area contributed by atoms with Gasteiger partial charge in [-0.25, -0.2) is 4.98 Å². The maximum atomic E-state index is 12.3. The van der Waals surface area contributed by atoms with Gasteiger partial charge in [0, 0.05) is 19.7 Å². The molecule has 1 N–H and O–H groups in total. The average molecular weight is 342 g/mol. The van der Waals surface area contributed by atoms with Gasteiger partial charge in [0.25, 0.3) is 5.91 Å². The summed E-state index contributed by atoms with van der Waals surface area (Å²) in [6.07, 6.45) is 0. The van der Waals surface area contributed by atoms with Gasteiger partial charge in [-0.3, -0.25) is 14.5 Å².